The SMILES string of the molecule is O=[N+]([O-])CC1=NCCN1Cc1cnc(Cl)cn1. The zero-order valence-corrected chi connectivity index (χ0v) is 9.67. The highest BCUT2D eigenvalue weighted by Gasteiger charge is 2.21. The molecule has 7 nitrogen and oxygen atoms in total. The van der Waals surface area contributed by atoms with E-state index in [0.717, 1.165) is 0 Å². The minimum Gasteiger partial charge on any atom is -0.347 e. The second-order valence-electron chi connectivity index (χ2n) is 3.54. The molecule has 17 heavy (non-hydrogen) atoms. The summed E-state index contributed by atoms with van der Waals surface area (Å²) in [4.78, 5) is 24.0. The molecule has 2 rings (SSSR count). The number of aromatic nitrogens is 2. The summed E-state index contributed by atoms with van der Waals surface area (Å²) < 4.78 is 0. The van der Waals surface area contributed by atoms with Crippen LogP contribution in [0.15, 0.2) is 17.4 Å². The standard InChI is InChI=1S/C9H10ClN5O2/c10-8-4-12-7(3-13-8)5-14-2-1-11-9(14)6-15(16)17/h3-4H,1-2,5-6H2. The molecule has 2 heterocycles. The summed E-state index contributed by atoms with van der Waals surface area (Å²) in [5.74, 6) is 0.492. The van der Waals surface area contributed by atoms with Gasteiger partial charge in [0.05, 0.1) is 31.2 Å². The van der Waals surface area contributed by atoms with Crippen LogP contribution in [0.25, 0.3) is 0 Å². The Morgan fingerprint density at radius 3 is 2.94 bits per heavy atom. The van der Waals surface area contributed by atoms with Gasteiger partial charge in [-0.05, 0) is 0 Å². The number of amidine groups is 1. The molecule has 1 aromatic rings. The molecule has 0 amide bonds. The molecule has 0 atom stereocenters. The Labute approximate surface area is 102 Å². The molecular formula is C9H10ClN5O2. The number of hydrogen-bond acceptors (Lipinski definition) is 6. The summed E-state index contributed by atoms with van der Waals surface area (Å²) in [5.41, 5.74) is 0.715. The molecule has 0 saturated heterocycles. The van der Waals surface area contributed by atoms with Crippen molar-refractivity contribution in [2.75, 3.05) is 19.6 Å². The number of aliphatic imine (C=N–C) groups is 1. The maximum absolute atomic E-state index is 10.5. The van der Waals surface area contributed by atoms with Gasteiger partial charge in [-0.2, -0.15) is 0 Å². The second kappa shape index (κ2) is 5.05. The van der Waals surface area contributed by atoms with Crippen molar-refractivity contribution >= 4 is 17.4 Å². The molecule has 1 aromatic heterocycles. The minimum atomic E-state index is -0.384. The van der Waals surface area contributed by atoms with Crippen molar-refractivity contribution < 1.29 is 4.92 Å². The third-order valence-corrected chi connectivity index (χ3v) is 2.52. The number of rotatable bonds is 4. The first-order valence-electron chi connectivity index (χ1n) is 5.01. The lowest BCUT2D eigenvalue weighted by Crippen LogP contribution is -2.32. The number of nitro groups is 1. The fourth-order valence-corrected chi connectivity index (χ4v) is 1.68. The fraction of sp³-hybridized carbons (Fsp3) is 0.444. The molecule has 0 fully saturated rings. The van der Waals surface area contributed by atoms with Gasteiger partial charge >= 0.3 is 0 Å². The lowest BCUT2D eigenvalue weighted by molar-refractivity contribution is -0.464. The van der Waals surface area contributed by atoms with Crippen LogP contribution < -0.4 is 0 Å². The van der Waals surface area contributed by atoms with E-state index in [2.05, 4.69) is 15.0 Å². The summed E-state index contributed by atoms with van der Waals surface area (Å²) >= 11 is 5.63. The molecule has 8 heteroatoms. The molecule has 1 aliphatic rings. The van der Waals surface area contributed by atoms with Gasteiger partial charge in [-0.1, -0.05) is 11.6 Å². The van der Waals surface area contributed by atoms with Crippen LogP contribution in [0.3, 0.4) is 0 Å². The first kappa shape index (κ1) is 11.7. The van der Waals surface area contributed by atoms with Crippen LogP contribution >= 0.6 is 11.6 Å². The van der Waals surface area contributed by atoms with Crippen molar-refractivity contribution in [3.05, 3.63) is 33.4 Å². The van der Waals surface area contributed by atoms with Crippen LogP contribution in [-0.4, -0.2) is 45.3 Å². The highest BCUT2D eigenvalue weighted by atomic mass is 35.5. The van der Waals surface area contributed by atoms with Crippen molar-refractivity contribution in [1.82, 2.24) is 14.9 Å². The molecule has 90 valence electrons. The van der Waals surface area contributed by atoms with Crippen molar-refractivity contribution in [2.45, 2.75) is 6.54 Å². The molecule has 0 radical (unpaired) electrons. The Morgan fingerprint density at radius 2 is 2.29 bits per heavy atom. The van der Waals surface area contributed by atoms with Gasteiger partial charge in [0.1, 0.15) is 5.15 Å². The third kappa shape index (κ3) is 3.10. The summed E-state index contributed by atoms with van der Waals surface area (Å²) in [6, 6.07) is 0. The molecule has 0 aliphatic carbocycles. The maximum atomic E-state index is 10.5. The summed E-state index contributed by atoms with van der Waals surface area (Å²) in [5, 5.41) is 10.8. The van der Waals surface area contributed by atoms with E-state index in [1.807, 2.05) is 4.90 Å². The van der Waals surface area contributed by atoms with Gasteiger partial charge in [0.15, 0.2) is 5.84 Å². The summed E-state index contributed by atoms with van der Waals surface area (Å²) in [7, 11) is 0. The third-order valence-electron chi connectivity index (χ3n) is 2.33. The van der Waals surface area contributed by atoms with E-state index in [9.17, 15) is 10.1 Å². The van der Waals surface area contributed by atoms with Crippen LogP contribution in [-0.2, 0) is 6.54 Å². The largest absolute Gasteiger partial charge is 0.347 e. The molecular weight excluding hydrogens is 246 g/mol. The van der Waals surface area contributed by atoms with Gasteiger partial charge in [0.25, 0.3) is 6.54 Å². The average Bonchev–Trinajstić information content (AvgIpc) is 2.68. The Balaban J connectivity index is 2.01. The first-order valence-corrected chi connectivity index (χ1v) is 5.39. The van der Waals surface area contributed by atoms with Crippen LogP contribution in [0.4, 0.5) is 0 Å². The van der Waals surface area contributed by atoms with E-state index in [4.69, 9.17) is 11.6 Å². The molecule has 0 N–H and O–H groups in total. The smallest absolute Gasteiger partial charge is 0.260 e. The van der Waals surface area contributed by atoms with Crippen LogP contribution in [0, 0.1) is 10.1 Å². The molecule has 0 spiro atoms. The maximum Gasteiger partial charge on any atom is 0.260 e. The van der Waals surface area contributed by atoms with Gasteiger partial charge in [-0.3, -0.25) is 20.1 Å². The quantitative estimate of drug-likeness (QED) is 0.582. The highest BCUT2D eigenvalue weighted by molar-refractivity contribution is 6.29. The highest BCUT2D eigenvalue weighted by Crippen LogP contribution is 2.08. The zero-order valence-electron chi connectivity index (χ0n) is 8.91. The Hall–Kier alpha value is -1.76. The average molecular weight is 256 g/mol. The predicted molar refractivity (Wildman–Crippen MR) is 61.6 cm³/mol. The van der Waals surface area contributed by atoms with Gasteiger partial charge in [0, 0.05) is 11.5 Å². The van der Waals surface area contributed by atoms with Crippen molar-refractivity contribution in [2.24, 2.45) is 4.99 Å². The first-order chi connectivity index (χ1) is 8.15. The molecule has 0 bridgehead atoms. The predicted octanol–water partition coefficient (Wildman–Crippen LogP) is 0.621. The fourth-order valence-electron chi connectivity index (χ4n) is 1.58. The van der Waals surface area contributed by atoms with E-state index in [0.29, 0.717) is 36.3 Å². The summed E-state index contributed by atoms with van der Waals surface area (Å²) in [6.45, 7) is 1.48. The normalized spacial score (nSPS) is 14.9. The van der Waals surface area contributed by atoms with Gasteiger partial charge in [0.2, 0.25) is 0 Å². The van der Waals surface area contributed by atoms with E-state index in [1.165, 1.54) is 6.20 Å². The Bertz CT molecular complexity index is 447. The van der Waals surface area contributed by atoms with Crippen molar-refractivity contribution in [3.8, 4) is 0 Å². The van der Waals surface area contributed by atoms with Gasteiger partial charge in [-0.25, -0.2) is 4.98 Å². The molecule has 0 unspecified atom stereocenters. The minimum absolute atomic E-state index is 0.249. The van der Waals surface area contributed by atoms with E-state index < -0.39 is 0 Å². The number of halogens is 1. The van der Waals surface area contributed by atoms with E-state index in [-0.39, 0.29) is 11.5 Å². The van der Waals surface area contributed by atoms with Gasteiger partial charge < -0.3 is 4.90 Å². The van der Waals surface area contributed by atoms with Crippen LogP contribution in [0.5, 0.6) is 0 Å². The zero-order chi connectivity index (χ0) is 12.3. The Kier molecular flexibility index (Phi) is 3.48. The molecule has 1 aliphatic heterocycles. The van der Waals surface area contributed by atoms with Crippen LogP contribution in [0.1, 0.15) is 5.69 Å². The van der Waals surface area contributed by atoms with Gasteiger partial charge in [-0.15, -0.1) is 0 Å². The summed E-state index contributed by atoms with van der Waals surface area (Å²) in [6.07, 6.45) is 3.02. The molecule has 0 aromatic carbocycles. The van der Waals surface area contributed by atoms with Crippen molar-refractivity contribution in [1.29, 1.82) is 0 Å². The number of nitrogens with zero attached hydrogens (tertiary/aromatic N) is 5. The topological polar surface area (TPSA) is 84.5 Å². The van der Waals surface area contributed by atoms with Crippen LogP contribution in [0.2, 0.25) is 5.15 Å². The lowest BCUT2D eigenvalue weighted by atomic mass is 10.4. The Morgan fingerprint density at radius 1 is 1.47 bits per heavy atom. The monoisotopic (exact) mass is 255 g/mol. The second-order valence-corrected chi connectivity index (χ2v) is 3.93. The van der Waals surface area contributed by atoms with Crippen molar-refractivity contribution in [3.63, 3.8) is 0 Å². The van der Waals surface area contributed by atoms with E-state index >= 15 is 0 Å². The van der Waals surface area contributed by atoms with E-state index in [1.54, 1.807) is 6.20 Å². The lowest BCUT2D eigenvalue weighted by Gasteiger charge is -2.17. The number of hydrogen-bond donors (Lipinski definition) is 0. The molecule has 0 saturated carbocycles.